The maximum Gasteiger partial charge on any atom is 0.160 e. The SMILES string of the molecule is N#Cc1c(-c2ccncc2)sc(C=O)c1Cc1ccc(Cl)cc1. The van der Waals surface area contributed by atoms with Crippen LogP contribution < -0.4 is 0 Å². The number of benzene rings is 1. The van der Waals surface area contributed by atoms with E-state index in [1.165, 1.54) is 11.3 Å². The van der Waals surface area contributed by atoms with Gasteiger partial charge in [-0.15, -0.1) is 11.3 Å². The third-order valence-corrected chi connectivity index (χ3v) is 4.95. The van der Waals surface area contributed by atoms with Crippen molar-refractivity contribution >= 4 is 29.2 Å². The van der Waals surface area contributed by atoms with Gasteiger partial charge in [-0.1, -0.05) is 23.7 Å². The molecule has 0 bridgehead atoms. The lowest BCUT2D eigenvalue weighted by atomic mass is 9.99. The highest BCUT2D eigenvalue weighted by Crippen LogP contribution is 2.36. The van der Waals surface area contributed by atoms with Crippen molar-refractivity contribution in [1.82, 2.24) is 4.98 Å². The number of nitrogens with zero attached hydrogens (tertiary/aromatic N) is 2. The Morgan fingerprint density at radius 1 is 1.17 bits per heavy atom. The standard InChI is InChI=1S/C18H11ClN2OS/c19-14-3-1-12(2-4-14)9-15-16(10-20)18(23-17(15)11-22)13-5-7-21-8-6-13/h1-8,11H,9H2. The first-order chi connectivity index (χ1) is 11.2. The second-order valence-corrected chi connectivity index (χ2v) is 6.41. The molecule has 0 aliphatic rings. The maximum atomic E-state index is 11.5. The zero-order valence-electron chi connectivity index (χ0n) is 12.0. The minimum Gasteiger partial charge on any atom is -0.297 e. The number of hydrogen-bond acceptors (Lipinski definition) is 4. The summed E-state index contributed by atoms with van der Waals surface area (Å²) in [6, 6.07) is 13.4. The van der Waals surface area contributed by atoms with Crippen LogP contribution in [0.1, 0.15) is 26.4 Å². The monoisotopic (exact) mass is 338 g/mol. The predicted molar refractivity (Wildman–Crippen MR) is 91.9 cm³/mol. The van der Waals surface area contributed by atoms with Gasteiger partial charge in [0.15, 0.2) is 6.29 Å². The van der Waals surface area contributed by atoms with E-state index in [1.807, 2.05) is 24.3 Å². The largest absolute Gasteiger partial charge is 0.297 e. The summed E-state index contributed by atoms with van der Waals surface area (Å²) in [5.74, 6) is 0. The molecule has 0 atom stereocenters. The van der Waals surface area contributed by atoms with E-state index >= 15 is 0 Å². The number of carbonyl (C=O) groups excluding carboxylic acids is 1. The Morgan fingerprint density at radius 2 is 1.87 bits per heavy atom. The van der Waals surface area contributed by atoms with E-state index in [0.29, 0.717) is 21.9 Å². The van der Waals surface area contributed by atoms with Crippen molar-refractivity contribution in [3.05, 3.63) is 75.4 Å². The van der Waals surface area contributed by atoms with Crippen molar-refractivity contribution in [3.8, 4) is 16.5 Å². The molecule has 0 aliphatic heterocycles. The van der Waals surface area contributed by atoms with Crippen LogP contribution in [-0.4, -0.2) is 11.3 Å². The van der Waals surface area contributed by atoms with Crippen molar-refractivity contribution in [2.45, 2.75) is 6.42 Å². The van der Waals surface area contributed by atoms with Crippen molar-refractivity contribution in [2.24, 2.45) is 0 Å². The first-order valence-corrected chi connectivity index (χ1v) is 8.08. The Hall–Kier alpha value is -2.48. The highest BCUT2D eigenvalue weighted by molar-refractivity contribution is 7.17. The first kappa shape index (κ1) is 15.4. The average Bonchev–Trinajstić information content (AvgIpc) is 2.95. The smallest absolute Gasteiger partial charge is 0.160 e. The van der Waals surface area contributed by atoms with E-state index in [-0.39, 0.29) is 0 Å². The fourth-order valence-corrected chi connectivity index (χ4v) is 3.60. The lowest BCUT2D eigenvalue weighted by Gasteiger charge is -2.03. The molecule has 1 aromatic carbocycles. The molecule has 0 fully saturated rings. The van der Waals surface area contributed by atoms with Gasteiger partial charge in [-0.3, -0.25) is 9.78 Å². The van der Waals surface area contributed by atoms with Crippen LogP contribution in [0.4, 0.5) is 0 Å². The fraction of sp³-hybridized carbons (Fsp3) is 0.0556. The molecule has 0 saturated carbocycles. The summed E-state index contributed by atoms with van der Waals surface area (Å²) in [6.07, 6.45) is 4.70. The van der Waals surface area contributed by atoms with Crippen molar-refractivity contribution in [2.75, 3.05) is 0 Å². The number of aromatic nitrogens is 1. The molecule has 0 aliphatic carbocycles. The number of pyridine rings is 1. The van der Waals surface area contributed by atoms with Crippen molar-refractivity contribution in [1.29, 1.82) is 5.26 Å². The van der Waals surface area contributed by atoms with E-state index in [2.05, 4.69) is 11.1 Å². The number of aldehydes is 1. The summed E-state index contributed by atoms with van der Waals surface area (Å²) in [5, 5.41) is 10.3. The minimum absolute atomic E-state index is 0.524. The third-order valence-electron chi connectivity index (χ3n) is 3.49. The second kappa shape index (κ2) is 6.74. The zero-order chi connectivity index (χ0) is 16.2. The maximum absolute atomic E-state index is 11.5. The Balaban J connectivity index is 2.09. The van der Waals surface area contributed by atoms with Gasteiger partial charge in [-0.05, 0) is 41.0 Å². The van der Waals surface area contributed by atoms with Crippen LogP contribution in [0.15, 0.2) is 48.8 Å². The average molecular weight is 339 g/mol. The van der Waals surface area contributed by atoms with Crippen LogP contribution in [0.2, 0.25) is 5.02 Å². The molecule has 5 heteroatoms. The lowest BCUT2D eigenvalue weighted by molar-refractivity contribution is 0.112. The second-order valence-electron chi connectivity index (χ2n) is 4.92. The Kier molecular flexibility index (Phi) is 4.52. The van der Waals surface area contributed by atoms with Crippen molar-refractivity contribution in [3.63, 3.8) is 0 Å². The summed E-state index contributed by atoms with van der Waals surface area (Å²) in [6.45, 7) is 0. The molecular weight excluding hydrogens is 328 g/mol. The number of thiophene rings is 1. The molecule has 0 saturated heterocycles. The number of rotatable bonds is 4. The Morgan fingerprint density at radius 3 is 2.48 bits per heavy atom. The molecule has 2 heterocycles. The molecule has 0 amide bonds. The van der Waals surface area contributed by atoms with Crippen LogP contribution in [-0.2, 0) is 6.42 Å². The topological polar surface area (TPSA) is 53.8 Å². The molecule has 112 valence electrons. The fourth-order valence-electron chi connectivity index (χ4n) is 2.38. The summed E-state index contributed by atoms with van der Waals surface area (Å²) in [4.78, 5) is 16.8. The van der Waals surface area contributed by atoms with Crippen LogP contribution >= 0.6 is 22.9 Å². The number of halogens is 1. The summed E-state index contributed by atoms with van der Waals surface area (Å²) < 4.78 is 0. The minimum atomic E-state index is 0.524. The lowest BCUT2D eigenvalue weighted by Crippen LogP contribution is -1.93. The molecule has 0 spiro atoms. The number of nitriles is 1. The molecule has 3 nitrogen and oxygen atoms in total. The van der Waals surface area contributed by atoms with E-state index < -0.39 is 0 Å². The normalized spacial score (nSPS) is 10.3. The highest BCUT2D eigenvalue weighted by Gasteiger charge is 2.19. The molecule has 2 aromatic heterocycles. The molecule has 0 unspecified atom stereocenters. The van der Waals surface area contributed by atoms with E-state index in [4.69, 9.17) is 11.6 Å². The molecule has 3 rings (SSSR count). The summed E-state index contributed by atoms with van der Waals surface area (Å²) in [7, 11) is 0. The van der Waals surface area contributed by atoms with Gasteiger partial charge < -0.3 is 0 Å². The van der Waals surface area contributed by atoms with E-state index in [9.17, 15) is 10.1 Å². The van der Waals surface area contributed by atoms with Gasteiger partial charge >= 0.3 is 0 Å². The third kappa shape index (κ3) is 3.16. The summed E-state index contributed by atoms with van der Waals surface area (Å²) >= 11 is 7.25. The number of hydrogen-bond donors (Lipinski definition) is 0. The van der Waals surface area contributed by atoms with Gasteiger partial charge in [0.1, 0.15) is 6.07 Å². The molecule has 0 radical (unpaired) electrons. The van der Waals surface area contributed by atoms with Gasteiger partial charge in [-0.2, -0.15) is 5.26 Å². The molecule has 3 aromatic rings. The predicted octanol–water partition coefficient (Wildman–Crippen LogP) is 4.74. The van der Waals surface area contributed by atoms with E-state index in [0.717, 1.165) is 27.9 Å². The Labute approximate surface area is 142 Å². The van der Waals surface area contributed by atoms with E-state index in [1.54, 1.807) is 24.5 Å². The molecule has 0 N–H and O–H groups in total. The molecule has 23 heavy (non-hydrogen) atoms. The summed E-state index contributed by atoms with van der Waals surface area (Å²) in [5.41, 5.74) is 3.22. The van der Waals surface area contributed by atoms with Gasteiger partial charge in [0, 0.05) is 23.8 Å². The van der Waals surface area contributed by atoms with Crippen LogP contribution in [0.5, 0.6) is 0 Å². The number of carbonyl (C=O) groups is 1. The van der Waals surface area contributed by atoms with Gasteiger partial charge in [0.05, 0.1) is 15.3 Å². The quantitative estimate of drug-likeness (QED) is 0.646. The van der Waals surface area contributed by atoms with Crippen molar-refractivity contribution < 1.29 is 4.79 Å². The van der Waals surface area contributed by atoms with Gasteiger partial charge in [-0.25, -0.2) is 0 Å². The van der Waals surface area contributed by atoms with Crippen LogP contribution in [0.3, 0.4) is 0 Å². The first-order valence-electron chi connectivity index (χ1n) is 6.88. The highest BCUT2D eigenvalue weighted by atomic mass is 35.5. The zero-order valence-corrected chi connectivity index (χ0v) is 13.6. The van der Waals surface area contributed by atoms with Crippen LogP contribution in [0, 0.1) is 11.3 Å². The Bertz CT molecular complexity index is 880. The van der Waals surface area contributed by atoms with Gasteiger partial charge in [0.2, 0.25) is 0 Å². The van der Waals surface area contributed by atoms with Crippen LogP contribution in [0.25, 0.3) is 10.4 Å². The molecular formula is C18H11ClN2OS. The van der Waals surface area contributed by atoms with Gasteiger partial charge in [0.25, 0.3) is 0 Å².